The van der Waals surface area contributed by atoms with Gasteiger partial charge in [-0.25, -0.2) is 8.78 Å². The Hall–Kier alpha value is -2.74. The third-order valence-electron chi connectivity index (χ3n) is 6.15. The molecule has 2 aromatic carbocycles. The normalized spacial score (nSPS) is 14.9. The fraction of sp³-hybridized carbons (Fsp3) is 0.423. The molecule has 5 nitrogen and oxygen atoms in total. The van der Waals surface area contributed by atoms with Crippen molar-refractivity contribution in [1.82, 2.24) is 14.8 Å². The summed E-state index contributed by atoms with van der Waals surface area (Å²) < 4.78 is 29.5. The number of thioether (sulfide) groups is 1. The van der Waals surface area contributed by atoms with Gasteiger partial charge in [-0.15, -0.1) is 10.2 Å². The van der Waals surface area contributed by atoms with Crippen LogP contribution in [0.2, 0.25) is 0 Å². The van der Waals surface area contributed by atoms with Crippen molar-refractivity contribution in [3.05, 3.63) is 59.7 Å². The zero-order valence-electron chi connectivity index (χ0n) is 19.8. The summed E-state index contributed by atoms with van der Waals surface area (Å²) in [5.41, 5.74) is 2.13. The summed E-state index contributed by atoms with van der Waals surface area (Å²) >= 11 is 1.26. The summed E-state index contributed by atoms with van der Waals surface area (Å²) in [6.45, 7) is 6.55. The van der Waals surface area contributed by atoms with Crippen molar-refractivity contribution in [2.24, 2.45) is 0 Å². The number of nitrogens with zero attached hydrogens (tertiary/aromatic N) is 3. The first-order chi connectivity index (χ1) is 16.2. The van der Waals surface area contributed by atoms with Gasteiger partial charge in [0.25, 0.3) is 0 Å². The molecule has 0 spiro atoms. The average Bonchev–Trinajstić information content (AvgIpc) is 3.24. The first-order valence-electron chi connectivity index (χ1n) is 11.7. The lowest BCUT2D eigenvalue weighted by Crippen LogP contribution is -2.18. The van der Waals surface area contributed by atoms with Gasteiger partial charge in [0.2, 0.25) is 5.91 Å². The maximum Gasteiger partial charge on any atom is 0.234 e. The Morgan fingerprint density at radius 2 is 1.76 bits per heavy atom. The van der Waals surface area contributed by atoms with Crippen molar-refractivity contribution < 1.29 is 13.6 Å². The Morgan fingerprint density at radius 3 is 2.44 bits per heavy atom. The Balaban J connectivity index is 1.55. The minimum atomic E-state index is -0.675. The summed E-state index contributed by atoms with van der Waals surface area (Å²) in [5, 5.41) is 12.0. The summed E-state index contributed by atoms with van der Waals surface area (Å²) in [6.07, 6.45) is 5.60. The van der Waals surface area contributed by atoms with Crippen LogP contribution >= 0.6 is 11.8 Å². The largest absolute Gasteiger partial charge is 0.323 e. The maximum absolute atomic E-state index is 13.9. The van der Waals surface area contributed by atoms with Gasteiger partial charge < -0.3 is 5.32 Å². The average molecular weight is 485 g/mol. The van der Waals surface area contributed by atoms with E-state index in [-0.39, 0.29) is 22.9 Å². The molecule has 34 heavy (non-hydrogen) atoms. The number of halogens is 2. The molecule has 8 heteroatoms. The number of amides is 1. The van der Waals surface area contributed by atoms with Crippen LogP contribution in [0.25, 0.3) is 11.4 Å². The van der Waals surface area contributed by atoms with Gasteiger partial charge in [-0.05, 0) is 36.0 Å². The van der Waals surface area contributed by atoms with Gasteiger partial charge in [-0.1, -0.05) is 76.1 Å². The fourth-order valence-electron chi connectivity index (χ4n) is 4.27. The molecule has 0 atom stereocenters. The molecule has 1 amide bonds. The number of aromatic nitrogens is 3. The second-order valence-corrected chi connectivity index (χ2v) is 10.7. The van der Waals surface area contributed by atoms with Crippen LogP contribution in [0.3, 0.4) is 0 Å². The molecule has 0 bridgehead atoms. The van der Waals surface area contributed by atoms with E-state index >= 15 is 0 Å². The lowest BCUT2D eigenvalue weighted by molar-refractivity contribution is -0.113. The molecule has 0 saturated heterocycles. The van der Waals surface area contributed by atoms with Gasteiger partial charge >= 0.3 is 0 Å². The van der Waals surface area contributed by atoms with Gasteiger partial charge in [0.1, 0.15) is 11.6 Å². The molecule has 1 aliphatic carbocycles. The summed E-state index contributed by atoms with van der Waals surface area (Å²) in [4.78, 5) is 12.5. The lowest BCUT2D eigenvalue weighted by atomic mass is 9.86. The molecular weight excluding hydrogens is 454 g/mol. The highest BCUT2D eigenvalue weighted by Gasteiger charge is 2.25. The van der Waals surface area contributed by atoms with E-state index in [0.717, 1.165) is 55.3 Å². The van der Waals surface area contributed by atoms with E-state index in [4.69, 9.17) is 0 Å². The molecule has 3 aromatic rings. The van der Waals surface area contributed by atoms with Crippen molar-refractivity contribution in [3.63, 3.8) is 0 Å². The minimum Gasteiger partial charge on any atom is -0.323 e. The number of anilines is 1. The van der Waals surface area contributed by atoms with Crippen molar-refractivity contribution in [2.45, 2.75) is 69.5 Å². The molecule has 0 aliphatic heterocycles. The third-order valence-corrected chi connectivity index (χ3v) is 7.09. The minimum absolute atomic E-state index is 0.0176. The molecule has 1 heterocycles. The number of hydrogen-bond donors (Lipinski definition) is 1. The third kappa shape index (κ3) is 5.66. The van der Waals surface area contributed by atoms with Crippen LogP contribution in [0.15, 0.2) is 47.6 Å². The van der Waals surface area contributed by atoms with E-state index in [1.807, 2.05) is 0 Å². The second kappa shape index (κ2) is 10.3. The predicted octanol–water partition coefficient (Wildman–Crippen LogP) is 6.76. The van der Waals surface area contributed by atoms with Gasteiger partial charge in [0.15, 0.2) is 11.0 Å². The molecule has 1 aromatic heterocycles. The molecular formula is C26H30F2N4OS. The monoisotopic (exact) mass is 484 g/mol. The number of carbonyl (C=O) groups is 1. The topological polar surface area (TPSA) is 59.8 Å². The Kier molecular flexibility index (Phi) is 7.36. The Labute approximate surface area is 203 Å². The molecule has 180 valence electrons. The number of nitrogens with one attached hydrogen (secondary N) is 1. The van der Waals surface area contributed by atoms with Crippen LogP contribution in [0.1, 0.15) is 64.5 Å². The first kappa shape index (κ1) is 24.4. The fourth-order valence-corrected chi connectivity index (χ4v) is 5.08. The van der Waals surface area contributed by atoms with Crippen molar-refractivity contribution >= 4 is 23.4 Å². The smallest absolute Gasteiger partial charge is 0.234 e. The lowest BCUT2D eigenvalue weighted by Gasteiger charge is -2.26. The van der Waals surface area contributed by atoms with Crippen molar-refractivity contribution in [3.8, 4) is 11.4 Å². The molecule has 1 saturated carbocycles. The number of carbonyl (C=O) groups excluding carboxylic acids is 1. The molecule has 0 radical (unpaired) electrons. The molecule has 1 N–H and O–H groups in total. The van der Waals surface area contributed by atoms with E-state index in [2.05, 4.69) is 65.1 Å². The van der Waals surface area contributed by atoms with Crippen molar-refractivity contribution in [1.29, 1.82) is 0 Å². The van der Waals surface area contributed by atoms with Crippen LogP contribution < -0.4 is 5.32 Å². The second-order valence-electron chi connectivity index (χ2n) is 9.76. The molecule has 1 fully saturated rings. The Morgan fingerprint density at radius 1 is 1.06 bits per heavy atom. The maximum atomic E-state index is 13.9. The number of rotatable bonds is 6. The van der Waals surface area contributed by atoms with E-state index in [1.165, 1.54) is 23.7 Å². The van der Waals surface area contributed by atoms with E-state index in [9.17, 15) is 13.6 Å². The zero-order chi connectivity index (χ0) is 24.3. The standard InChI is InChI=1S/C26H30F2N4OS/c1-26(2,3)18-11-9-17(10-12-18)24-30-31-25(32(24)20-7-5-4-6-8-20)34-16-23(33)29-22-15-19(27)13-14-21(22)28/h9-15,20H,4-8,16H2,1-3H3,(H,29,33). The zero-order valence-corrected chi connectivity index (χ0v) is 20.6. The van der Waals surface area contributed by atoms with Gasteiger partial charge in [0, 0.05) is 17.7 Å². The van der Waals surface area contributed by atoms with E-state index in [0.29, 0.717) is 5.16 Å². The van der Waals surface area contributed by atoms with Crippen molar-refractivity contribution in [2.75, 3.05) is 11.1 Å². The summed E-state index contributed by atoms with van der Waals surface area (Å²) in [7, 11) is 0. The predicted molar refractivity (Wildman–Crippen MR) is 132 cm³/mol. The van der Waals surface area contributed by atoms with Crippen LogP contribution in [0.4, 0.5) is 14.5 Å². The SMILES string of the molecule is CC(C)(C)c1ccc(-c2nnc(SCC(=O)Nc3cc(F)ccc3F)n2C2CCCCC2)cc1. The van der Waals surface area contributed by atoms with Crippen LogP contribution in [0, 0.1) is 11.6 Å². The highest BCUT2D eigenvalue weighted by Crippen LogP contribution is 2.36. The van der Waals surface area contributed by atoms with Gasteiger partial charge in [0.05, 0.1) is 11.4 Å². The highest BCUT2D eigenvalue weighted by molar-refractivity contribution is 7.99. The van der Waals surface area contributed by atoms with Crippen LogP contribution in [-0.4, -0.2) is 26.4 Å². The summed E-state index contributed by atoms with van der Waals surface area (Å²) in [5.74, 6) is -0.895. The van der Waals surface area contributed by atoms with Crippen LogP contribution in [0.5, 0.6) is 0 Å². The number of benzene rings is 2. The summed E-state index contributed by atoms with van der Waals surface area (Å²) in [6, 6.07) is 11.7. The first-order valence-corrected chi connectivity index (χ1v) is 12.6. The molecule has 0 unspecified atom stereocenters. The van der Waals surface area contributed by atoms with Gasteiger partial charge in [-0.3, -0.25) is 9.36 Å². The van der Waals surface area contributed by atoms with E-state index in [1.54, 1.807) is 0 Å². The highest BCUT2D eigenvalue weighted by atomic mass is 32.2. The molecule has 4 rings (SSSR count). The van der Waals surface area contributed by atoms with Gasteiger partial charge in [-0.2, -0.15) is 0 Å². The molecule has 1 aliphatic rings. The quantitative estimate of drug-likeness (QED) is 0.393. The Bertz CT molecular complexity index is 1150. The van der Waals surface area contributed by atoms with E-state index < -0.39 is 17.5 Å². The number of hydrogen-bond acceptors (Lipinski definition) is 4. The van der Waals surface area contributed by atoms with Crippen LogP contribution in [-0.2, 0) is 10.2 Å².